The van der Waals surface area contributed by atoms with E-state index < -0.39 is 18.0 Å². The van der Waals surface area contributed by atoms with E-state index in [-0.39, 0.29) is 18.1 Å². The van der Waals surface area contributed by atoms with Gasteiger partial charge in [-0.2, -0.15) is 18.2 Å². The van der Waals surface area contributed by atoms with Crippen molar-refractivity contribution in [2.45, 2.75) is 69.7 Å². The Balaban J connectivity index is 1.55. The molecule has 1 N–H and O–H groups in total. The first-order valence-electron chi connectivity index (χ1n) is 9.54. The summed E-state index contributed by atoms with van der Waals surface area (Å²) in [5, 5.41) is 3.09. The molecule has 150 valence electrons. The van der Waals surface area contributed by atoms with E-state index in [0.29, 0.717) is 19.5 Å². The molecule has 9 heteroatoms. The molecule has 1 aromatic heterocycles. The highest BCUT2D eigenvalue weighted by Crippen LogP contribution is 2.28. The highest BCUT2D eigenvalue weighted by Gasteiger charge is 2.33. The van der Waals surface area contributed by atoms with Crippen molar-refractivity contribution in [3.8, 4) is 6.01 Å². The second kappa shape index (κ2) is 8.75. The Labute approximate surface area is 156 Å². The summed E-state index contributed by atoms with van der Waals surface area (Å²) >= 11 is 0. The SMILES string of the molecule is O=C(NC1CCCCCC1)N1CCCC(Oc2nccc(C(F)(F)F)n2)C1. The largest absolute Gasteiger partial charge is 0.458 e. The van der Waals surface area contributed by atoms with Crippen molar-refractivity contribution in [1.29, 1.82) is 0 Å². The van der Waals surface area contributed by atoms with E-state index in [0.717, 1.165) is 44.4 Å². The van der Waals surface area contributed by atoms with E-state index in [4.69, 9.17) is 4.74 Å². The van der Waals surface area contributed by atoms with Crippen LogP contribution in [0.5, 0.6) is 6.01 Å². The minimum Gasteiger partial charge on any atom is -0.458 e. The molecule has 0 bridgehead atoms. The molecule has 1 aromatic rings. The molecule has 1 unspecified atom stereocenters. The number of rotatable bonds is 3. The van der Waals surface area contributed by atoms with E-state index >= 15 is 0 Å². The number of carbonyl (C=O) groups is 1. The Morgan fingerprint density at radius 1 is 1.15 bits per heavy atom. The number of amides is 2. The first-order valence-corrected chi connectivity index (χ1v) is 9.54. The maximum absolute atomic E-state index is 12.8. The average Bonchev–Trinajstić information content (AvgIpc) is 2.90. The maximum Gasteiger partial charge on any atom is 0.433 e. The van der Waals surface area contributed by atoms with Gasteiger partial charge in [0.1, 0.15) is 6.10 Å². The molecule has 2 fully saturated rings. The third-order valence-corrected chi connectivity index (χ3v) is 5.04. The number of urea groups is 1. The molecule has 1 atom stereocenters. The van der Waals surface area contributed by atoms with Crippen LogP contribution in [-0.4, -0.2) is 46.1 Å². The molecule has 0 spiro atoms. The van der Waals surface area contributed by atoms with Gasteiger partial charge in [0.25, 0.3) is 0 Å². The van der Waals surface area contributed by atoms with Crippen molar-refractivity contribution in [2.75, 3.05) is 13.1 Å². The minimum atomic E-state index is -4.54. The van der Waals surface area contributed by atoms with Gasteiger partial charge in [-0.25, -0.2) is 9.78 Å². The lowest BCUT2D eigenvalue weighted by atomic mass is 10.1. The van der Waals surface area contributed by atoms with E-state index in [1.54, 1.807) is 4.90 Å². The fourth-order valence-corrected chi connectivity index (χ4v) is 3.61. The summed E-state index contributed by atoms with van der Waals surface area (Å²) < 4.78 is 43.8. The number of likely N-dealkylation sites (tertiary alicyclic amines) is 1. The molecule has 2 heterocycles. The van der Waals surface area contributed by atoms with Gasteiger partial charge < -0.3 is 15.0 Å². The molecule has 1 saturated heterocycles. The summed E-state index contributed by atoms with van der Waals surface area (Å²) in [6, 6.07) is 0.578. The van der Waals surface area contributed by atoms with Crippen molar-refractivity contribution < 1.29 is 22.7 Å². The summed E-state index contributed by atoms with van der Waals surface area (Å²) in [5.41, 5.74) is -1.04. The fourth-order valence-electron chi connectivity index (χ4n) is 3.61. The van der Waals surface area contributed by atoms with Crippen LogP contribution < -0.4 is 10.1 Å². The van der Waals surface area contributed by atoms with E-state index in [1.165, 1.54) is 12.8 Å². The Kier molecular flexibility index (Phi) is 6.38. The Morgan fingerprint density at radius 3 is 2.59 bits per heavy atom. The number of alkyl halides is 3. The van der Waals surface area contributed by atoms with Crippen LogP contribution in [0.1, 0.15) is 57.1 Å². The van der Waals surface area contributed by atoms with Gasteiger partial charge in [-0.15, -0.1) is 0 Å². The van der Waals surface area contributed by atoms with Crippen LogP contribution in [0.25, 0.3) is 0 Å². The average molecular weight is 386 g/mol. The number of ether oxygens (including phenoxy) is 1. The van der Waals surface area contributed by atoms with Crippen molar-refractivity contribution in [3.63, 3.8) is 0 Å². The lowest BCUT2D eigenvalue weighted by Gasteiger charge is -2.33. The Bertz CT molecular complexity index is 633. The van der Waals surface area contributed by atoms with Crippen LogP contribution in [0.15, 0.2) is 12.3 Å². The van der Waals surface area contributed by atoms with Gasteiger partial charge in [0.2, 0.25) is 0 Å². The van der Waals surface area contributed by atoms with Gasteiger partial charge in [-0.3, -0.25) is 0 Å². The molecule has 1 saturated carbocycles. The maximum atomic E-state index is 12.8. The van der Waals surface area contributed by atoms with Crippen LogP contribution in [0.3, 0.4) is 0 Å². The number of nitrogens with one attached hydrogen (secondary N) is 1. The molecule has 0 radical (unpaired) electrons. The second-order valence-electron chi connectivity index (χ2n) is 7.19. The summed E-state index contributed by atoms with van der Waals surface area (Å²) in [5.74, 6) is 0. The van der Waals surface area contributed by atoms with Gasteiger partial charge in [0.15, 0.2) is 5.69 Å². The number of piperidine rings is 1. The minimum absolute atomic E-state index is 0.125. The normalized spacial score (nSPS) is 22.2. The molecule has 1 aliphatic carbocycles. The smallest absolute Gasteiger partial charge is 0.433 e. The van der Waals surface area contributed by atoms with Crippen LogP contribution in [0.2, 0.25) is 0 Å². The molecule has 2 amide bonds. The third-order valence-electron chi connectivity index (χ3n) is 5.04. The van der Waals surface area contributed by atoms with Crippen LogP contribution in [0.4, 0.5) is 18.0 Å². The molecule has 27 heavy (non-hydrogen) atoms. The molecule has 3 rings (SSSR count). The number of nitrogens with zero attached hydrogens (tertiary/aromatic N) is 3. The fraction of sp³-hybridized carbons (Fsp3) is 0.722. The molecule has 1 aliphatic heterocycles. The monoisotopic (exact) mass is 386 g/mol. The lowest BCUT2D eigenvalue weighted by molar-refractivity contribution is -0.141. The number of carbonyl (C=O) groups excluding carboxylic acids is 1. The summed E-state index contributed by atoms with van der Waals surface area (Å²) in [4.78, 5) is 21.4. The van der Waals surface area contributed by atoms with Gasteiger partial charge in [0.05, 0.1) is 6.54 Å². The van der Waals surface area contributed by atoms with Gasteiger partial charge in [-0.05, 0) is 31.7 Å². The summed E-state index contributed by atoms with van der Waals surface area (Å²) in [6.07, 6.45) is 4.12. The van der Waals surface area contributed by atoms with Crippen LogP contribution >= 0.6 is 0 Å². The third kappa shape index (κ3) is 5.71. The standard InChI is InChI=1S/C18H25F3N4O2/c19-18(20,21)15-9-10-22-16(24-15)27-14-8-5-11-25(12-14)17(26)23-13-6-3-1-2-4-7-13/h9-10,13-14H,1-8,11-12H2,(H,23,26). The van der Waals surface area contributed by atoms with Crippen LogP contribution in [0, 0.1) is 0 Å². The number of hydrogen-bond acceptors (Lipinski definition) is 4. The van der Waals surface area contributed by atoms with E-state index in [9.17, 15) is 18.0 Å². The lowest BCUT2D eigenvalue weighted by Crippen LogP contribution is -2.51. The second-order valence-corrected chi connectivity index (χ2v) is 7.19. The summed E-state index contributed by atoms with van der Waals surface area (Å²) in [7, 11) is 0. The zero-order valence-corrected chi connectivity index (χ0v) is 15.2. The topological polar surface area (TPSA) is 67.4 Å². The quantitative estimate of drug-likeness (QED) is 0.803. The first-order chi connectivity index (χ1) is 12.9. The first kappa shape index (κ1) is 19.7. The Hall–Kier alpha value is -2.06. The zero-order chi connectivity index (χ0) is 19.3. The number of halogens is 3. The summed E-state index contributed by atoms with van der Waals surface area (Å²) in [6.45, 7) is 0.931. The van der Waals surface area contributed by atoms with Crippen molar-refractivity contribution >= 4 is 6.03 Å². The molecular weight excluding hydrogens is 361 g/mol. The van der Waals surface area contributed by atoms with Crippen LogP contribution in [-0.2, 0) is 6.18 Å². The van der Waals surface area contributed by atoms with Crippen molar-refractivity contribution in [2.24, 2.45) is 0 Å². The van der Waals surface area contributed by atoms with Gasteiger partial charge in [-0.1, -0.05) is 25.7 Å². The van der Waals surface area contributed by atoms with E-state index in [2.05, 4.69) is 15.3 Å². The molecular formula is C18H25F3N4O2. The highest BCUT2D eigenvalue weighted by atomic mass is 19.4. The van der Waals surface area contributed by atoms with E-state index in [1.807, 2.05) is 0 Å². The van der Waals surface area contributed by atoms with Gasteiger partial charge >= 0.3 is 18.2 Å². The number of hydrogen-bond donors (Lipinski definition) is 1. The predicted octanol–water partition coefficient (Wildman–Crippen LogP) is 3.77. The zero-order valence-electron chi connectivity index (χ0n) is 15.2. The molecule has 6 nitrogen and oxygen atoms in total. The predicted molar refractivity (Wildman–Crippen MR) is 92.3 cm³/mol. The molecule has 0 aromatic carbocycles. The van der Waals surface area contributed by atoms with Gasteiger partial charge in [0, 0.05) is 18.8 Å². The number of aromatic nitrogens is 2. The Morgan fingerprint density at radius 2 is 1.89 bits per heavy atom. The highest BCUT2D eigenvalue weighted by molar-refractivity contribution is 5.74. The van der Waals surface area contributed by atoms with Crippen molar-refractivity contribution in [3.05, 3.63) is 18.0 Å². The molecule has 2 aliphatic rings. The van der Waals surface area contributed by atoms with Crippen molar-refractivity contribution in [1.82, 2.24) is 20.2 Å².